The maximum atomic E-state index is 10.5. The molecule has 88 valence electrons. The summed E-state index contributed by atoms with van der Waals surface area (Å²) in [5.41, 5.74) is 0. The summed E-state index contributed by atoms with van der Waals surface area (Å²) in [5, 5.41) is 0. The molecule has 1 rings (SSSR count). The van der Waals surface area contributed by atoms with Crippen LogP contribution in [0.5, 0.6) is 0 Å². The normalized spacial score (nSPS) is 14.0. The summed E-state index contributed by atoms with van der Waals surface area (Å²) in [6.07, 6.45) is 5.24. The fraction of sp³-hybridized carbons (Fsp3) is 0.750. The molecule has 0 bridgehead atoms. The van der Waals surface area contributed by atoms with Crippen LogP contribution < -0.4 is 0 Å². The summed E-state index contributed by atoms with van der Waals surface area (Å²) in [4.78, 5) is 29.4. The van der Waals surface area contributed by atoms with E-state index >= 15 is 0 Å². The van der Waals surface area contributed by atoms with Gasteiger partial charge >= 0.3 is 0 Å². The number of Topliss-reactive ketones (excluding diaryl/α,β-unsaturated/α-hetero) is 3. The monoisotopic (exact) mass is 214 g/mol. The molecule has 1 aliphatic carbocycles. The van der Waals surface area contributed by atoms with Crippen molar-refractivity contribution in [2.75, 3.05) is 0 Å². The average Bonchev–Trinajstić information content (AvgIpc) is 2.03. The Balaban J connectivity index is 0. The van der Waals surface area contributed by atoms with E-state index < -0.39 is 0 Å². The second-order valence-corrected chi connectivity index (χ2v) is 3.92. The predicted octanol–water partition coefficient (Wildman–Crippen LogP) is 2.71. The van der Waals surface area contributed by atoms with E-state index in [9.17, 15) is 14.4 Å². The molecule has 1 saturated carbocycles. The van der Waals surface area contributed by atoms with Crippen molar-refractivity contribution in [2.45, 2.75) is 59.8 Å². The van der Waals surface area contributed by atoms with Gasteiger partial charge in [-0.1, -0.05) is 6.42 Å². The Morgan fingerprint density at radius 1 is 0.800 bits per heavy atom. The van der Waals surface area contributed by atoms with Crippen LogP contribution in [0, 0.1) is 0 Å². The topological polar surface area (TPSA) is 51.2 Å². The Bertz CT molecular complexity index is 179. The van der Waals surface area contributed by atoms with Gasteiger partial charge in [-0.15, -0.1) is 0 Å². The first kappa shape index (κ1) is 16.4. The Labute approximate surface area is 92.2 Å². The number of hydrogen-bond donors (Lipinski definition) is 0. The predicted molar refractivity (Wildman–Crippen MR) is 60.8 cm³/mol. The quantitative estimate of drug-likeness (QED) is 0.623. The van der Waals surface area contributed by atoms with E-state index in [1.165, 1.54) is 34.1 Å². The molecule has 0 aromatic rings. The van der Waals surface area contributed by atoms with Gasteiger partial charge in [0.2, 0.25) is 0 Å². The summed E-state index contributed by atoms with van der Waals surface area (Å²) in [6.45, 7) is 6.11. The molecular formula is C12H22O3. The highest BCUT2D eigenvalue weighted by molar-refractivity contribution is 5.78. The van der Waals surface area contributed by atoms with Gasteiger partial charge in [0.25, 0.3) is 0 Å². The second kappa shape index (κ2) is 11.1. The van der Waals surface area contributed by atoms with Gasteiger partial charge in [-0.25, -0.2) is 0 Å². The Kier molecular flexibility index (Phi) is 12.2. The minimum absolute atomic E-state index is 0.167. The molecule has 1 aliphatic rings. The fourth-order valence-corrected chi connectivity index (χ4v) is 0.946. The van der Waals surface area contributed by atoms with E-state index in [-0.39, 0.29) is 11.6 Å². The highest BCUT2D eigenvalue weighted by atomic mass is 16.1. The van der Waals surface area contributed by atoms with Crippen LogP contribution in [-0.4, -0.2) is 17.3 Å². The van der Waals surface area contributed by atoms with Gasteiger partial charge in [-0.05, 0) is 40.5 Å². The smallest absolute Gasteiger partial charge is 0.132 e. The van der Waals surface area contributed by atoms with Crippen LogP contribution in [-0.2, 0) is 14.4 Å². The van der Waals surface area contributed by atoms with Crippen LogP contribution in [0.4, 0.5) is 0 Å². The molecule has 15 heavy (non-hydrogen) atoms. The number of hydrogen-bond acceptors (Lipinski definition) is 3. The molecule has 3 heteroatoms. The summed E-state index contributed by atoms with van der Waals surface area (Å²) in [5.74, 6) is 0.797. The van der Waals surface area contributed by atoms with E-state index in [2.05, 4.69) is 0 Å². The van der Waals surface area contributed by atoms with E-state index in [0.29, 0.717) is 5.78 Å². The molecular weight excluding hydrogens is 192 g/mol. The van der Waals surface area contributed by atoms with Gasteiger partial charge in [0, 0.05) is 12.8 Å². The standard InChI is InChI=1S/C6H10O.2C3H6O/c7-6-4-2-1-3-5-6;2*1-3(2)4/h1-5H2;2*1-2H3. The van der Waals surface area contributed by atoms with Crippen LogP contribution in [0.15, 0.2) is 0 Å². The first-order chi connectivity index (χ1) is 6.86. The third kappa shape index (κ3) is 32.1. The summed E-state index contributed by atoms with van der Waals surface area (Å²) in [6, 6.07) is 0. The first-order valence-corrected chi connectivity index (χ1v) is 5.32. The van der Waals surface area contributed by atoms with Crippen molar-refractivity contribution in [3.05, 3.63) is 0 Å². The SMILES string of the molecule is CC(C)=O.CC(C)=O.O=C1CCCCC1. The van der Waals surface area contributed by atoms with Gasteiger partial charge in [0.15, 0.2) is 0 Å². The minimum atomic E-state index is 0.167. The number of carbonyl (C=O) groups excluding carboxylic acids is 3. The van der Waals surface area contributed by atoms with Crippen molar-refractivity contribution < 1.29 is 14.4 Å². The van der Waals surface area contributed by atoms with Crippen LogP contribution in [0.3, 0.4) is 0 Å². The van der Waals surface area contributed by atoms with Crippen LogP contribution in [0.2, 0.25) is 0 Å². The zero-order valence-corrected chi connectivity index (χ0v) is 10.3. The maximum Gasteiger partial charge on any atom is 0.132 e. The van der Waals surface area contributed by atoms with E-state index in [1.807, 2.05) is 0 Å². The molecule has 0 N–H and O–H groups in total. The Hall–Kier alpha value is -0.990. The number of ketones is 3. The second-order valence-electron chi connectivity index (χ2n) is 3.92. The van der Waals surface area contributed by atoms with Crippen molar-refractivity contribution in [1.29, 1.82) is 0 Å². The van der Waals surface area contributed by atoms with Crippen LogP contribution >= 0.6 is 0 Å². The van der Waals surface area contributed by atoms with E-state index in [4.69, 9.17) is 0 Å². The van der Waals surface area contributed by atoms with Gasteiger partial charge in [0.05, 0.1) is 0 Å². The van der Waals surface area contributed by atoms with E-state index in [1.54, 1.807) is 0 Å². The molecule has 3 nitrogen and oxygen atoms in total. The zero-order valence-electron chi connectivity index (χ0n) is 10.3. The van der Waals surface area contributed by atoms with Gasteiger partial charge in [-0.2, -0.15) is 0 Å². The zero-order chi connectivity index (χ0) is 12.3. The van der Waals surface area contributed by atoms with Gasteiger partial charge < -0.3 is 9.59 Å². The summed E-state index contributed by atoms with van der Waals surface area (Å²) >= 11 is 0. The maximum absolute atomic E-state index is 10.5. The molecule has 1 fully saturated rings. The van der Waals surface area contributed by atoms with Crippen molar-refractivity contribution in [3.63, 3.8) is 0 Å². The third-order valence-corrected chi connectivity index (χ3v) is 1.41. The minimum Gasteiger partial charge on any atom is -0.300 e. The van der Waals surface area contributed by atoms with Crippen molar-refractivity contribution in [2.24, 2.45) is 0 Å². The average molecular weight is 214 g/mol. The largest absolute Gasteiger partial charge is 0.300 e. The number of carbonyl (C=O) groups is 3. The highest BCUT2D eigenvalue weighted by Gasteiger charge is 2.05. The highest BCUT2D eigenvalue weighted by Crippen LogP contribution is 2.12. The fourth-order valence-electron chi connectivity index (χ4n) is 0.946. The van der Waals surface area contributed by atoms with Crippen LogP contribution in [0.25, 0.3) is 0 Å². The van der Waals surface area contributed by atoms with Gasteiger partial charge in [-0.3, -0.25) is 4.79 Å². The Morgan fingerprint density at radius 3 is 1.20 bits per heavy atom. The lowest BCUT2D eigenvalue weighted by atomic mass is 10.00. The van der Waals surface area contributed by atoms with Crippen molar-refractivity contribution >= 4 is 17.3 Å². The molecule has 0 amide bonds. The van der Waals surface area contributed by atoms with Crippen LogP contribution in [0.1, 0.15) is 59.8 Å². The molecule has 0 saturated heterocycles. The lowest BCUT2D eigenvalue weighted by Gasteiger charge is -2.05. The molecule has 0 aromatic carbocycles. The van der Waals surface area contributed by atoms with Crippen molar-refractivity contribution in [1.82, 2.24) is 0 Å². The van der Waals surface area contributed by atoms with Gasteiger partial charge in [0.1, 0.15) is 17.3 Å². The summed E-state index contributed by atoms with van der Waals surface area (Å²) < 4.78 is 0. The third-order valence-electron chi connectivity index (χ3n) is 1.41. The van der Waals surface area contributed by atoms with Crippen molar-refractivity contribution in [3.8, 4) is 0 Å². The molecule has 0 aliphatic heterocycles. The molecule has 0 aromatic heterocycles. The molecule has 0 spiro atoms. The first-order valence-electron chi connectivity index (χ1n) is 5.32. The lowest BCUT2D eigenvalue weighted by molar-refractivity contribution is -0.120. The Morgan fingerprint density at radius 2 is 1.07 bits per heavy atom. The molecule has 0 heterocycles. The molecule has 0 atom stereocenters. The summed E-state index contributed by atoms with van der Waals surface area (Å²) in [7, 11) is 0. The van der Waals surface area contributed by atoms with E-state index in [0.717, 1.165) is 25.7 Å². The lowest BCUT2D eigenvalue weighted by Crippen LogP contribution is -2.02. The molecule has 0 radical (unpaired) electrons. The number of rotatable bonds is 0. The molecule has 0 unspecified atom stereocenters.